The molecule has 2 amide bonds. The van der Waals surface area contributed by atoms with Crippen LogP contribution in [0.3, 0.4) is 0 Å². The average Bonchev–Trinajstić information content (AvgIpc) is 2.90. The van der Waals surface area contributed by atoms with Crippen molar-refractivity contribution in [3.63, 3.8) is 0 Å². The SMILES string of the molecule is COC(=O)CCCCCOc1ccc(N)c(C=C2CC(=O)NC2=O)c1. The molecule has 0 radical (unpaired) electrons. The maximum Gasteiger partial charge on any atom is 0.305 e. The molecule has 0 saturated carbocycles. The van der Waals surface area contributed by atoms with Gasteiger partial charge in [0.05, 0.1) is 20.1 Å². The predicted molar refractivity (Wildman–Crippen MR) is 92.6 cm³/mol. The Morgan fingerprint density at radius 2 is 2.08 bits per heavy atom. The highest BCUT2D eigenvalue weighted by Gasteiger charge is 2.23. The van der Waals surface area contributed by atoms with Gasteiger partial charge in [-0.2, -0.15) is 0 Å². The van der Waals surface area contributed by atoms with Gasteiger partial charge in [0, 0.05) is 23.2 Å². The first-order valence-corrected chi connectivity index (χ1v) is 8.13. The first kappa shape index (κ1) is 18.5. The van der Waals surface area contributed by atoms with E-state index in [2.05, 4.69) is 10.1 Å². The third kappa shape index (κ3) is 5.63. The molecule has 1 aromatic rings. The molecule has 1 heterocycles. The predicted octanol–water partition coefficient (Wildman–Crippen LogP) is 1.81. The molecule has 2 rings (SSSR count). The van der Waals surface area contributed by atoms with E-state index in [1.54, 1.807) is 24.3 Å². The van der Waals surface area contributed by atoms with E-state index in [0.717, 1.165) is 19.3 Å². The summed E-state index contributed by atoms with van der Waals surface area (Å²) in [5.74, 6) is -0.263. The number of esters is 1. The van der Waals surface area contributed by atoms with Crippen molar-refractivity contribution in [2.45, 2.75) is 32.1 Å². The van der Waals surface area contributed by atoms with E-state index in [0.29, 0.717) is 35.6 Å². The van der Waals surface area contributed by atoms with Crippen LogP contribution in [-0.2, 0) is 19.1 Å². The Hall–Kier alpha value is -2.83. The largest absolute Gasteiger partial charge is 0.494 e. The van der Waals surface area contributed by atoms with Crippen LogP contribution >= 0.6 is 0 Å². The van der Waals surface area contributed by atoms with Crippen LogP contribution < -0.4 is 15.8 Å². The second-order valence-electron chi connectivity index (χ2n) is 5.75. The van der Waals surface area contributed by atoms with Crippen molar-refractivity contribution < 1.29 is 23.9 Å². The van der Waals surface area contributed by atoms with Gasteiger partial charge in [-0.15, -0.1) is 0 Å². The average molecular weight is 346 g/mol. The first-order valence-electron chi connectivity index (χ1n) is 8.13. The van der Waals surface area contributed by atoms with Crippen molar-refractivity contribution in [2.24, 2.45) is 0 Å². The number of methoxy groups -OCH3 is 1. The Morgan fingerprint density at radius 3 is 2.76 bits per heavy atom. The molecule has 1 aromatic carbocycles. The number of benzene rings is 1. The van der Waals surface area contributed by atoms with E-state index in [1.165, 1.54) is 7.11 Å². The van der Waals surface area contributed by atoms with Crippen molar-refractivity contribution in [2.75, 3.05) is 19.5 Å². The second kappa shape index (κ2) is 8.86. The summed E-state index contributed by atoms with van der Waals surface area (Å²) in [5, 5.41) is 2.24. The van der Waals surface area contributed by atoms with Crippen molar-refractivity contribution in [3.05, 3.63) is 29.3 Å². The fourth-order valence-corrected chi connectivity index (χ4v) is 2.42. The number of ether oxygens (including phenoxy) is 2. The maximum absolute atomic E-state index is 11.6. The van der Waals surface area contributed by atoms with Gasteiger partial charge in [0.15, 0.2) is 0 Å². The molecular weight excluding hydrogens is 324 g/mol. The van der Waals surface area contributed by atoms with Gasteiger partial charge in [-0.3, -0.25) is 19.7 Å². The number of anilines is 1. The van der Waals surface area contributed by atoms with Gasteiger partial charge in [-0.1, -0.05) is 0 Å². The molecule has 0 unspecified atom stereocenters. The smallest absolute Gasteiger partial charge is 0.305 e. The minimum atomic E-state index is -0.388. The van der Waals surface area contributed by atoms with Crippen LogP contribution in [-0.4, -0.2) is 31.5 Å². The lowest BCUT2D eigenvalue weighted by molar-refractivity contribution is -0.140. The zero-order valence-corrected chi connectivity index (χ0v) is 14.2. The van der Waals surface area contributed by atoms with E-state index in [-0.39, 0.29) is 24.2 Å². The summed E-state index contributed by atoms with van der Waals surface area (Å²) < 4.78 is 10.3. The summed E-state index contributed by atoms with van der Waals surface area (Å²) in [6, 6.07) is 5.20. The number of nitrogen functional groups attached to an aromatic ring is 1. The molecule has 134 valence electrons. The molecule has 0 aliphatic carbocycles. The van der Waals surface area contributed by atoms with Gasteiger partial charge in [0.2, 0.25) is 5.91 Å². The van der Waals surface area contributed by atoms with Crippen molar-refractivity contribution >= 4 is 29.5 Å². The standard InChI is InChI=1S/C18H22N2O5/c1-24-17(22)5-3-2-4-8-25-14-6-7-15(19)12(10-14)9-13-11-16(21)20-18(13)23/h6-7,9-10H,2-5,8,11,19H2,1H3,(H,20,21,23). The number of amides is 2. The van der Waals surface area contributed by atoms with Crippen LogP contribution in [0.25, 0.3) is 6.08 Å². The highest BCUT2D eigenvalue weighted by atomic mass is 16.5. The highest BCUT2D eigenvalue weighted by molar-refractivity contribution is 6.15. The summed E-state index contributed by atoms with van der Waals surface area (Å²) in [5.41, 5.74) is 7.46. The molecule has 1 fully saturated rings. The van der Waals surface area contributed by atoms with E-state index >= 15 is 0 Å². The quantitative estimate of drug-likeness (QED) is 0.244. The van der Waals surface area contributed by atoms with E-state index < -0.39 is 0 Å². The fraction of sp³-hybridized carbons (Fsp3) is 0.389. The zero-order chi connectivity index (χ0) is 18.2. The van der Waals surface area contributed by atoms with Gasteiger partial charge in [0.25, 0.3) is 5.91 Å². The van der Waals surface area contributed by atoms with Crippen molar-refractivity contribution in [3.8, 4) is 5.75 Å². The number of carbonyl (C=O) groups excluding carboxylic acids is 3. The van der Waals surface area contributed by atoms with E-state index in [4.69, 9.17) is 10.5 Å². The Labute approximate surface area is 146 Å². The molecule has 0 atom stereocenters. The maximum atomic E-state index is 11.6. The lowest BCUT2D eigenvalue weighted by Gasteiger charge is -2.09. The summed E-state index contributed by atoms with van der Waals surface area (Å²) in [6.45, 7) is 0.514. The molecule has 1 saturated heterocycles. The molecule has 7 heteroatoms. The number of rotatable bonds is 8. The van der Waals surface area contributed by atoms with Gasteiger partial charge >= 0.3 is 5.97 Å². The zero-order valence-electron chi connectivity index (χ0n) is 14.2. The van der Waals surface area contributed by atoms with Crippen molar-refractivity contribution in [1.82, 2.24) is 5.32 Å². The second-order valence-corrected chi connectivity index (χ2v) is 5.75. The molecule has 7 nitrogen and oxygen atoms in total. The number of hydrogen-bond donors (Lipinski definition) is 2. The topological polar surface area (TPSA) is 108 Å². The van der Waals surface area contributed by atoms with Crippen LogP contribution in [0.15, 0.2) is 23.8 Å². The lowest BCUT2D eigenvalue weighted by Crippen LogP contribution is -2.19. The summed E-state index contributed by atoms with van der Waals surface area (Å²) in [4.78, 5) is 33.9. The monoisotopic (exact) mass is 346 g/mol. The molecule has 0 spiro atoms. The van der Waals surface area contributed by atoms with E-state index in [1.807, 2.05) is 0 Å². The molecule has 1 aliphatic rings. The highest BCUT2D eigenvalue weighted by Crippen LogP contribution is 2.24. The van der Waals surface area contributed by atoms with Crippen LogP contribution in [0.4, 0.5) is 5.69 Å². The lowest BCUT2D eigenvalue weighted by atomic mass is 10.1. The number of hydrogen-bond acceptors (Lipinski definition) is 6. The van der Waals surface area contributed by atoms with Crippen LogP contribution in [0, 0.1) is 0 Å². The minimum Gasteiger partial charge on any atom is -0.494 e. The molecular formula is C18H22N2O5. The van der Waals surface area contributed by atoms with Gasteiger partial charge in [-0.25, -0.2) is 0 Å². The van der Waals surface area contributed by atoms with Crippen LogP contribution in [0.1, 0.15) is 37.7 Å². The van der Waals surface area contributed by atoms with Crippen LogP contribution in [0.2, 0.25) is 0 Å². The van der Waals surface area contributed by atoms with Gasteiger partial charge in [0.1, 0.15) is 5.75 Å². The fourth-order valence-electron chi connectivity index (χ4n) is 2.42. The summed E-state index contributed by atoms with van der Waals surface area (Å²) >= 11 is 0. The molecule has 1 aliphatic heterocycles. The Balaban J connectivity index is 1.87. The third-order valence-corrected chi connectivity index (χ3v) is 3.81. The number of carbonyl (C=O) groups is 3. The van der Waals surface area contributed by atoms with E-state index in [9.17, 15) is 14.4 Å². The summed E-state index contributed by atoms with van der Waals surface area (Å²) in [7, 11) is 1.38. The number of imide groups is 1. The van der Waals surface area contributed by atoms with Crippen LogP contribution in [0.5, 0.6) is 5.75 Å². The Kier molecular flexibility index (Phi) is 6.56. The van der Waals surface area contributed by atoms with Gasteiger partial charge in [-0.05, 0) is 43.5 Å². The molecule has 0 bridgehead atoms. The Bertz CT molecular complexity index is 697. The number of nitrogens with one attached hydrogen (secondary N) is 1. The summed E-state index contributed by atoms with van der Waals surface area (Å²) in [6.07, 6.45) is 4.52. The molecule has 0 aromatic heterocycles. The first-order chi connectivity index (χ1) is 12.0. The van der Waals surface area contributed by atoms with Gasteiger partial charge < -0.3 is 15.2 Å². The minimum absolute atomic E-state index is 0.0591. The molecule has 25 heavy (non-hydrogen) atoms. The Morgan fingerprint density at radius 1 is 1.28 bits per heavy atom. The normalized spacial score (nSPS) is 15.3. The number of nitrogens with two attached hydrogens (primary N) is 1. The number of unbranched alkanes of at least 4 members (excludes halogenated alkanes) is 2. The molecule has 3 N–H and O–H groups in total. The third-order valence-electron chi connectivity index (χ3n) is 3.81. The van der Waals surface area contributed by atoms with Crippen molar-refractivity contribution in [1.29, 1.82) is 0 Å².